The molecule has 0 aliphatic carbocycles. The highest BCUT2D eigenvalue weighted by Gasteiger charge is 2.08. The molecule has 2 heterocycles. The van der Waals surface area contributed by atoms with Gasteiger partial charge in [0.2, 0.25) is 0 Å². The van der Waals surface area contributed by atoms with Crippen LogP contribution in [0.15, 0.2) is 36.9 Å². The molecule has 0 amide bonds. The van der Waals surface area contributed by atoms with Gasteiger partial charge in [0.1, 0.15) is 25.0 Å². The van der Waals surface area contributed by atoms with Crippen molar-refractivity contribution in [2.45, 2.75) is 26.4 Å². The Morgan fingerprint density at radius 3 is 2.71 bits per heavy atom. The third kappa shape index (κ3) is 3.29. The van der Waals surface area contributed by atoms with Crippen LogP contribution < -0.4 is 0 Å². The molecule has 0 fully saturated rings. The van der Waals surface area contributed by atoms with E-state index in [1.165, 1.54) is 3.57 Å². The molecule has 0 bridgehead atoms. The van der Waals surface area contributed by atoms with E-state index in [0.29, 0.717) is 6.54 Å². The van der Waals surface area contributed by atoms with E-state index in [9.17, 15) is 0 Å². The van der Waals surface area contributed by atoms with Gasteiger partial charge in [-0.25, -0.2) is 19.3 Å². The Morgan fingerprint density at radius 1 is 1.14 bits per heavy atom. The molecule has 2 aromatic heterocycles. The van der Waals surface area contributed by atoms with Crippen LogP contribution in [0.5, 0.6) is 0 Å². The minimum Gasteiger partial charge on any atom is -0.248 e. The van der Waals surface area contributed by atoms with Gasteiger partial charge in [-0.1, -0.05) is 19.1 Å². The van der Waals surface area contributed by atoms with Crippen molar-refractivity contribution in [1.29, 1.82) is 0 Å². The zero-order valence-corrected chi connectivity index (χ0v) is 13.8. The average molecular weight is 394 g/mol. The fourth-order valence-electron chi connectivity index (χ4n) is 2.06. The number of hydrogen-bond acceptors (Lipinski definition) is 4. The summed E-state index contributed by atoms with van der Waals surface area (Å²) >= 11 is 2.28. The highest BCUT2D eigenvalue weighted by molar-refractivity contribution is 14.1. The molecule has 0 spiro atoms. The average Bonchev–Trinajstić information content (AvgIpc) is 3.11. The summed E-state index contributed by atoms with van der Waals surface area (Å²) in [5.74, 6) is 1.63. The van der Waals surface area contributed by atoms with Gasteiger partial charge < -0.3 is 0 Å². The molecule has 0 unspecified atom stereocenters. The van der Waals surface area contributed by atoms with Crippen LogP contribution in [0.3, 0.4) is 0 Å². The van der Waals surface area contributed by atoms with Crippen LogP contribution in [0.2, 0.25) is 0 Å². The van der Waals surface area contributed by atoms with Crippen molar-refractivity contribution in [3.05, 3.63) is 46.3 Å². The Hall–Kier alpha value is -1.77. The monoisotopic (exact) mass is 394 g/mol. The second kappa shape index (κ2) is 6.33. The normalized spacial score (nSPS) is 11.0. The van der Waals surface area contributed by atoms with Crippen LogP contribution in [0.25, 0.3) is 11.4 Å². The Kier molecular flexibility index (Phi) is 4.28. The summed E-state index contributed by atoms with van der Waals surface area (Å²) in [5, 5.41) is 8.73. The van der Waals surface area contributed by atoms with E-state index in [-0.39, 0.29) is 0 Å². The first-order valence-electron chi connectivity index (χ1n) is 6.78. The summed E-state index contributed by atoms with van der Waals surface area (Å²) in [7, 11) is 0. The molecule has 1 aromatic carbocycles. The number of aryl methyl sites for hydroxylation is 1. The second-order valence-electron chi connectivity index (χ2n) is 4.67. The Labute approximate surface area is 136 Å². The van der Waals surface area contributed by atoms with Crippen LogP contribution in [0.1, 0.15) is 19.2 Å². The smallest absolute Gasteiger partial charge is 0.181 e. The number of hydrogen-bond donors (Lipinski definition) is 0. The fraction of sp³-hybridized carbons (Fsp3) is 0.286. The van der Waals surface area contributed by atoms with Crippen molar-refractivity contribution in [3.8, 4) is 11.4 Å². The molecule has 0 aliphatic heterocycles. The van der Waals surface area contributed by atoms with Crippen molar-refractivity contribution in [2.75, 3.05) is 0 Å². The highest BCUT2D eigenvalue weighted by atomic mass is 127. The zero-order chi connectivity index (χ0) is 14.7. The van der Waals surface area contributed by atoms with E-state index >= 15 is 0 Å². The standard InChI is InChI=1S/C14H15IN6/c1-2-7-21-13(16-9-18-21)8-20-10-17-14(19-20)11-3-5-12(15)6-4-11/h3-6,9-10H,2,7-8H2,1H3. The molecule has 0 saturated carbocycles. The molecule has 0 N–H and O–H groups in total. The van der Waals surface area contributed by atoms with Gasteiger partial charge in [0, 0.05) is 15.7 Å². The van der Waals surface area contributed by atoms with Crippen molar-refractivity contribution >= 4 is 22.6 Å². The Bertz CT molecular complexity index is 715. The van der Waals surface area contributed by atoms with Crippen LogP contribution in [-0.4, -0.2) is 29.5 Å². The van der Waals surface area contributed by atoms with Gasteiger partial charge in [-0.2, -0.15) is 10.2 Å². The number of nitrogens with zero attached hydrogens (tertiary/aromatic N) is 6. The highest BCUT2D eigenvalue weighted by Crippen LogP contribution is 2.16. The molecule has 0 atom stereocenters. The molecule has 7 heteroatoms. The summed E-state index contributed by atoms with van der Waals surface area (Å²) in [6.45, 7) is 3.57. The lowest BCUT2D eigenvalue weighted by molar-refractivity contribution is 0.539. The van der Waals surface area contributed by atoms with Crippen LogP contribution in [0.4, 0.5) is 0 Å². The van der Waals surface area contributed by atoms with Gasteiger partial charge in [0.05, 0.1) is 0 Å². The largest absolute Gasteiger partial charge is 0.248 e. The Balaban J connectivity index is 1.78. The lowest BCUT2D eigenvalue weighted by Crippen LogP contribution is -2.10. The second-order valence-corrected chi connectivity index (χ2v) is 5.92. The van der Waals surface area contributed by atoms with Crippen LogP contribution >= 0.6 is 22.6 Å². The van der Waals surface area contributed by atoms with Gasteiger partial charge in [-0.05, 0) is 41.1 Å². The topological polar surface area (TPSA) is 61.4 Å². The molecule has 6 nitrogen and oxygen atoms in total. The number of benzene rings is 1. The van der Waals surface area contributed by atoms with Crippen molar-refractivity contribution in [3.63, 3.8) is 0 Å². The van der Waals surface area contributed by atoms with E-state index < -0.39 is 0 Å². The minimum absolute atomic E-state index is 0.581. The number of halogens is 1. The molecular weight excluding hydrogens is 379 g/mol. The summed E-state index contributed by atoms with van der Waals surface area (Å²) in [6, 6.07) is 8.16. The van der Waals surface area contributed by atoms with E-state index in [4.69, 9.17) is 0 Å². The third-order valence-corrected chi connectivity index (χ3v) is 3.79. The van der Waals surface area contributed by atoms with Gasteiger partial charge >= 0.3 is 0 Å². The van der Waals surface area contributed by atoms with Crippen molar-refractivity contribution in [1.82, 2.24) is 29.5 Å². The molecule has 3 rings (SSSR count). The van der Waals surface area contributed by atoms with Crippen molar-refractivity contribution < 1.29 is 0 Å². The Morgan fingerprint density at radius 2 is 1.95 bits per heavy atom. The number of aromatic nitrogens is 6. The predicted octanol–water partition coefficient (Wildman–Crippen LogP) is 2.60. The molecule has 108 valence electrons. The van der Waals surface area contributed by atoms with Crippen molar-refractivity contribution in [2.24, 2.45) is 0 Å². The first-order valence-corrected chi connectivity index (χ1v) is 7.86. The zero-order valence-electron chi connectivity index (χ0n) is 11.6. The summed E-state index contributed by atoms with van der Waals surface area (Å²) in [4.78, 5) is 8.65. The molecule has 0 radical (unpaired) electrons. The van der Waals surface area contributed by atoms with Gasteiger partial charge in [0.15, 0.2) is 5.82 Å². The maximum atomic E-state index is 4.51. The first kappa shape index (κ1) is 14.2. The number of rotatable bonds is 5. The maximum absolute atomic E-state index is 4.51. The van der Waals surface area contributed by atoms with Gasteiger partial charge in [-0.3, -0.25) is 0 Å². The van der Waals surface area contributed by atoms with Gasteiger partial charge in [-0.15, -0.1) is 0 Å². The SMILES string of the molecule is CCCn1ncnc1Cn1cnc(-c2ccc(I)cc2)n1. The molecule has 0 aliphatic rings. The van der Waals surface area contributed by atoms with E-state index in [1.807, 2.05) is 16.8 Å². The van der Waals surface area contributed by atoms with Gasteiger partial charge in [0.25, 0.3) is 0 Å². The van der Waals surface area contributed by atoms with E-state index in [0.717, 1.165) is 30.2 Å². The summed E-state index contributed by atoms with van der Waals surface area (Å²) in [5.41, 5.74) is 1.02. The molecule has 3 aromatic rings. The fourth-order valence-corrected chi connectivity index (χ4v) is 2.42. The third-order valence-electron chi connectivity index (χ3n) is 3.07. The maximum Gasteiger partial charge on any atom is 0.181 e. The quantitative estimate of drug-likeness (QED) is 0.625. The molecule has 21 heavy (non-hydrogen) atoms. The lowest BCUT2D eigenvalue weighted by Gasteiger charge is -2.03. The van der Waals surface area contributed by atoms with E-state index in [2.05, 4.69) is 61.8 Å². The summed E-state index contributed by atoms with van der Waals surface area (Å²) in [6.07, 6.45) is 4.35. The first-order chi connectivity index (χ1) is 10.3. The van der Waals surface area contributed by atoms with Crippen LogP contribution in [-0.2, 0) is 13.1 Å². The predicted molar refractivity (Wildman–Crippen MR) is 87.6 cm³/mol. The molecule has 0 saturated heterocycles. The van der Waals surface area contributed by atoms with E-state index in [1.54, 1.807) is 17.3 Å². The molecular formula is C14H15IN6. The minimum atomic E-state index is 0.581. The summed E-state index contributed by atoms with van der Waals surface area (Å²) < 4.78 is 4.90. The van der Waals surface area contributed by atoms with Crippen LogP contribution in [0, 0.1) is 3.57 Å². The lowest BCUT2D eigenvalue weighted by atomic mass is 10.2.